The summed E-state index contributed by atoms with van der Waals surface area (Å²) in [7, 11) is 1.79. The number of hydrogen-bond donors (Lipinski definition) is 1. The highest BCUT2D eigenvalue weighted by Crippen LogP contribution is 2.23. The van der Waals surface area contributed by atoms with Crippen molar-refractivity contribution in [2.45, 2.75) is 52.9 Å². The molecule has 0 amide bonds. The fourth-order valence-corrected chi connectivity index (χ4v) is 2.38. The van der Waals surface area contributed by atoms with Crippen molar-refractivity contribution in [1.29, 1.82) is 0 Å². The Morgan fingerprint density at radius 1 is 1.18 bits per heavy atom. The first-order chi connectivity index (χ1) is 7.87. The van der Waals surface area contributed by atoms with Crippen LogP contribution in [-0.4, -0.2) is 7.05 Å². The zero-order valence-electron chi connectivity index (χ0n) is 11.4. The molecule has 0 aromatic heterocycles. The van der Waals surface area contributed by atoms with Gasteiger partial charge in [-0.1, -0.05) is 45.8 Å². The molecule has 0 atom stereocenters. The first kappa shape index (κ1) is 14.4. The van der Waals surface area contributed by atoms with Gasteiger partial charge in [0.1, 0.15) is 0 Å². The van der Waals surface area contributed by atoms with E-state index in [4.69, 9.17) is 12.2 Å². The van der Waals surface area contributed by atoms with E-state index in [1.807, 2.05) is 0 Å². The fraction of sp³-hybridized carbons (Fsp3) is 0.714. The predicted octanol–water partition coefficient (Wildman–Crippen LogP) is 3.84. The third-order valence-electron chi connectivity index (χ3n) is 3.11. The highest BCUT2D eigenvalue weighted by Gasteiger charge is 2.15. The summed E-state index contributed by atoms with van der Waals surface area (Å²) < 4.78 is 0.546. The average molecular weight is 253 g/mol. The number of anilines is 1. The van der Waals surface area contributed by atoms with Crippen LogP contribution in [0.4, 0.5) is 5.69 Å². The lowest BCUT2D eigenvalue weighted by Gasteiger charge is -2.17. The zero-order valence-corrected chi connectivity index (χ0v) is 12.2. The molecule has 1 rings (SSSR count). The normalized spacial score (nSPS) is 12.0. The molecule has 3 heteroatoms. The molecule has 0 bridgehead atoms. The Bertz CT molecular complexity index is 436. The molecule has 1 aromatic rings. The second-order valence-corrected chi connectivity index (χ2v) is 6.29. The van der Waals surface area contributed by atoms with Gasteiger partial charge in [0.05, 0.1) is 10.2 Å². The van der Waals surface area contributed by atoms with E-state index in [0.29, 0.717) is 9.93 Å². The molecule has 0 spiro atoms. The minimum atomic E-state index is 0.0205. The lowest BCUT2D eigenvalue weighted by molar-refractivity contribution is 0.358. The van der Waals surface area contributed by atoms with Gasteiger partial charge in [0, 0.05) is 12.6 Å². The minimum Gasteiger partial charge on any atom is -0.385 e. The molecule has 0 saturated heterocycles. The van der Waals surface area contributed by atoms with Crippen molar-refractivity contribution < 1.29 is 0 Å². The van der Waals surface area contributed by atoms with Crippen molar-refractivity contribution in [2.75, 3.05) is 12.4 Å². The molecule has 0 fully saturated rings. The third kappa shape index (κ3) is 3.91. The Morgan fingerprint density at radius 2 is 1.82 bits per heavy atom. The highest BCUT2D eigenvalue weighted by molar-refractivity contribution is 7.71. The summed E-state index contributed by atoms with van der Waals surface area (Å²) >= 11 is 5.06. The summed E-state index contributed by atoms with van der Waals surface area (Å²) in [5.41, 5.74) is 2.26. The van der Waals surface area contributed by atoms with E-state index >= 15 is 0 Å². The van der Waals surface area contributed by atoms with E-state index in [2.05, 4.69) is 26.1 Å². The summed E-state index contributed by atoms with van der Waals surface area (Å²) in [6.45, 7) is 6.82. The molecular weight excluding hydrogens is 230 g/mol. The standard InChI is InChI=1S/C14H23NOS/c1-14(2,3)9-7-5-6-8-10-11(15-4)12(16)13(10)17/h15H,5-9H2,1-4H3. The Labute approximate surface area is 109 Å². The summed E-state index contributed by atoms with van der Waals surface area (Å²) in [5.74, 6) is 0. The molecule has 0 aliphatic carbocycles. The molecule has 2 nitrogen and oxygen atoms in total. The van der Waals surface area contributed by atoms with Crippen LogP contribution in [0, 0.1) is 9.93 Å². The molecule has 96 valence electrons. The van der Waals surface area contributed by atoms with Crippen LogP contribution in [0.25, 0.3) is 0 Å². The van der Waals surface area contributed by atoms with Gasteiger partial charge in [-0.2, -0.15) is 0 Å². The topological polar surface area (TPSA) is 29.1 Å². The van der Waals surface area contributed by atoms with E-state index < -0.39 is 0 Å². The SMILES string of the molecule is CNc1c(CCCCCC(C)(C)C)c(=S)c1=O. The van der Waals surface area contributed by atoms with Gasteiger partial charge in [-0.3, -0.25) is 4.79 Å². The van der Waals surface area contributed by atoms with Gasteiger partial charge in [-0.25, -0.2) is 0 Å². The first-order valence-corrected chi connectivity index (χ1v) is 6.77. The molecule has 1 N–H and O–H groups in total. The lowest BCUT2D eigenvalue weighted by atomic mass is 9.89. The van der Waals surface area contributed by atoms with Crippen molar-refractivity contribution in [3.8, 4) is 0 Å². The molecule has 0 heterocycles. The molecule has 0 aliphatic rings. The van der Waals surface area contributed by atoms with Crippen molar-refractivity contribution in [1.82, 2.24) is 0 Å². The summed E-state index contributed by atoms with van der Waals surface area (Å²) in [5, 5.41) is 2.94. The van der Waals surface area contributed by atoms with Gasteiger partial charge >= 0.3 is 0 Å². The summed E-state index contributed by atoms with van der Waals surface area (Å²) in [6.07, 6.45) is 5.81. The van der Waals surface area contributed by atoms with E-state index in [1.54, 1.807) is 7.05 Å². The van der Waals surface area contributed by atoms with Gasteiger partial charge < -0.3 is 5.32 Å². The summed E-state index contributed by atoms with van der Waals surface area (Å²) in [4.78, 5) is 11.4. The van der Waals surface area contributed by atoms with Crippen LogP contribution in [0.2, 0.25) is 0 Å². The van der Waals surface area contributed by atoms with E-state index in [0.717, 1.165) is 24.1 Å². The highest BCUT2D eigenvalue weighted by atomic mass is 32.1. The van der Waals surface area contributed by atoms with E-state index in [-0.39, 0.29) is 5.43 Å². The number of nitrogens with one attached hydrogen (secondary N) is 1. The predicted molar refractivity (Wildman–Crippen MR) is 77.1 cm³/mol. The van der Waals surface area contributed by atoms with Crippen LogP contribution in [0.15, 0.2) is 4.79 Å². The first-order valence-electron chi connectivity index (χ1n) is 6.37. The molecule has 1 aromatic carbocycles. The Hall–Kier alpha value is -0.700. The number of unbranched alkanes of at least 4 members (excludes halogenated alkanes) is 2. The molecule has 0 aliphatic heterocycles. The maximum absolute atomic E-state index is 11.4. The van der Waals surface area contributed by atoms with E-state index in [9.17, 15) is 4.79 Å². The van der Waals surface area contributed by atoms with Crippen LogP contribution in [0.1, 0.15) is 52.0 Å². The van der Waals surface area contributed by atoms with Gasteiger partial charge in [0.2, 0.25) is 5.43 Å². The van der Waals surface area contributed by atoms with Crippen molar-refractivity contribution in [2.24, 2.45) is 5.41 Å². The maximum atomic E-state index is 11.4. The van der Waals surface area contributed by atoms with Gasteiger partial charge in [0.25, 0.3) is 0 Å². The smallest absolute Gasteiger partial charge is 0.220 e. The zero-order chi connectivity index (χ0) is 13.1. The van der Waals surface area contributed by atoms with Crippen LogP contribution in [0.3, 0.4) is 0 Å². The fourth-order valence-electron chi connectivity index (χ4n) is 2.08. The summed E-state index contributed by atoms with van der Waals surface area (Å²) in [6, 6.07) is 0. The van der Waals surface area contributed by atoms with Crippen LogP contribution >= 0.6 is 12.2 Å². The van der Waals surface area contributed by atoms with Gasteiger partial charge in [0.15, 0.2) is 0 Å². The Kier molecular flexibility index (Phi) is 4.87. The van der Waals surface area contributed by atoms with Crippen LogP contribution in [0.5, 0.6) is 0 Å². The molecule has 0 radical (unpaired) electrons. The average Bonchev–Trinajstić information content (AvgIpc) is 2.24. The second kappa shape index (κ2) is 5.76. The van der Waals surface area contributed by atoms with Crippen LogP contribution in [-0.2, 0) is 6.42 Å². The minimum absolute atomic E-state index is 0.0205. The Balaban J connectivity index is 2.30. The molecule has 17 heavy (non-hydrogen) atoms. The number of hydrogen-bond acceptors (Lipinski definition) is 3. The van der Waals surface area contributed by atoms with Gasteiger partial charge in [-0.05, 0) is 24.7 Å². The molecular formula is C14H23NOS. The maximum Gasteiger partial charge on any atom is 0.220 e. The lowest BCUT2D eigenvalue weighted by Crippen LogP contribution is -2.19. The van der Waals surface area contributed by atoms with Crippen molar-refractivity contribution in [3.05, 3.63) is 20.3 Å². The third-order valence-corrected chi connectivity index (χ3v) is 3.54. The monoisotopic (exact) mass is 253 g/mol. The Morgan fingerprint density at radius 3 is 2.35 bits per heavy atom. The van der Waals surface area contributed by atoms with Crippen molar-refractivity contribution >= 4 is 17.9 Å². The van der Waals surface area contributed by atoms with Gasteiger partial charge in [-0.15, -0.1) is 0 Å². The van der Waals surface area contributed by atoms with Crippen LogP contribution < -0.4 is 10.7 Å². The molecule has 0 unspecified atom stereocenters. The number of rotatable bonds is 6. The largest absolute Gasteiger partial charge is 0.385 e. The second-order valence-electron chi connectivity index (χ2n) is 5.88. The quantitative estimate of drug-likeness (QED) is 0.617. The van der Waals surface area contributed by atoms with Crippen molar-refractivity contribution in [3.63, 3.8) is 0 Å². The van der Waals surface area contributed by atoms with E-state index in [1.165, 1.54) is 19.3 Å². The molecule has 0 saturated carbocycles.